The van der Waals surface area contributed by atoms with Crippen LogP contribution in [0.5, 0.6) is 11.5 Å². The summed E-state index contributed by atoms with van der Waals surface area (Å²) in [6, 6.07) is 3.78. The molecule has 0 spiro atoms. The summed E-state index contributed by atoms with van der Waals surface area (Å²) >= 11 is 0. The van der Waals surface area contributed by atoms with E-state index < -0.39 is 0 Å². The van der Waals surface area contributed by atoms with Crippen LogP contribution in [0.25, 0.3) is 11.0 Å². The fraction of sp³-hybridized carbons (Fsp3) is 0.357. The number of aromatic amines is 1. The molecule has 0 aliphatic rings. The van der Waals surface area contributed by atoms with Crippen molar-refractivity contribution in [3.05, 3.63) is 30.6 Å². The number of nitrogens with one attached hydrogen (secondary N) is 2. The lowest BCUT2D eigenvalue weighted by Gasteiger charge is -2.06. The zero-order chi connectivity index (χ0) is 13.7. The lowest BCUT2D eigenvalue weighted by Crippen LogP contribution is -2.17. The van der Waals surface area contributed by atoms with Gasteiger partial charge in [-0.05, 0) is 0 Å². The Morgan fingerprint density at radius 3 is 2.74 bits per heavy atom. The fourth-order valence-electron chi connectivity index (χ4n) is 1.92. The molecule has 0 aliphatic carbocycles. The zero-order valence-corrected chi connectivity index (χ0v) is 11.3. The maximum Gasteiger partial charge on any atom is 0.163 e. The molecule has 0 fully saturated rings. The minimum atomic E-state index is 0.692. The molecule has 0 amide bonds. The molecule has 5 heteroatoms. The maximum absolute atomic E-state index is 5.27. The number of aromatic nitrogens is 2. The fourth-order valence-corrected chi connectivity index (χ4v) is 1.92. The molecule has 0 radical (unpaired) electrons. The highest BCUT2D eigenvalue weighted by molar-refractivity contribution is 5.79. The van der Waals surface area contributed by atoms with E-state index in [1.807, 2.05) is 18.2 Å². The van der Waals surface area contributed by atoms with Crippen molar-refractivity contribution >= 4 is 11.0 Å². The van der Waals surface area contributed by atoms with E-state index in [4.69, 9.17) is 9.47 Å². The van der Waals surface area contributed by atoms with Crippen LogP contribution in [0.4, 0.5) is 0 Å². The first-order valence-corrected chi connectivity index (χ1v) is 6.20. The summed E-state index contributed by atoms with van der Waals surface area (Å²) in [5.74, 6) is 2.34. The van der Waals surface area contributed by atoms with Gasteiger partial charge in [-0.1, -0.05) is 6.08 Å². The Morgan fingerprint density at radius 2 is 2.05 bits per heavy atom. The predicted molar refractivity (Wildman–Crippen MR) is 76.0 cm³/mol. The summed E-state index contributed by atoms with van der Waals surface area (Å²) < 4.78 is 10.5. The molecule has 1 heterocycles. The normalized spacial score (nSPS) is 10.6. The van der Waals surface area contributed by atoms with Crippen molar-refractivity contribution in [2.24, 2.45) is 0 Å². The van der Waals surface area contributed by atoms with E-state index in [0.29, 0.717) is 11.5 Å². The van der Waals surface area contributed by atoms with Gasteiger partial charge in [-0.3, -0.25) is 0 Å². The third kappa shape index (κ3) is 3.06. The first kappa shape index (κ1) is 13.4. The third-order valence-corrected chi connectivity index (χ3v) is 2.86. The average Bonchev–Trinajstić information content (AvgIpc) is 2.83. The first-order chi connectivity index (χ1) is 9.28. The van der Waals surface area contributed by atoms with Gasteiger partial charge in [0, 0.05) is 31.6 Å². The number of H-pyrrole nitrogens is 1. The molecule has 0 aliphatic heterocycles. The van der Waals surface area contributed by atoms with E-state index in [-0.39, 0.29) is 0 Å². The van der Waals surface area contributed by atoms with Gasteiger partial charge in [-0.15, -0.1) is 6.58 Å². The molecule has 2 aromatic rings. The number of fused-ring (bicyclic) bond motifs is 1. The van der Waals surface area contributed by atoms with E-state index in [1.54, 1.807) is 14.2 Å². The van der Waals surface area contributed by atoms with Crippen LogP contribution in [0.1, 0.15) is 5.82 Å². The van der Waals surface area contributed by atoms with Crippen LogP contribution in [-0.4, -0.2) is 37.3 Å². The van der Waals surface area contributed by atoms with Crippen molar-refractivity contribution in [1.82, 2.24) is 15.3 Å². The Labute approximate surface area is 112 Å². The molecule has 5 nitrogen and oxygen atoms in total. The minimum absolute atomic E-state index is 0.692. The van der Waals surface area contributed by atoms with Crippen molar-refractivity contribution < 1.29 is 9.47 Å². The Balaban J connectivity index is 2.17. The van der Waals surface area contributed by atoms with Crippen LogP contribution < -0.4 is 14.8 Å². The Bertz CT molecular complexity index is 522. The van der Waals surface area contributed by atoms with Crippen LogP contribution in [0.15, 0.2) is 24.8 Å². The van der Waals surface area contributed by atoms with Gasteiger partial charge in [0.25, 0.3) is 0 Å². The highest BCUT2D eigenvalue weighted by Crippen LogP contribution is 2.30. The van der Waals surface area contributed by atoms with Crippen LogP contribution in [0.2, 0.25) is 0 Å². The quantitative estimate of drug-likeness (QED) is 0.590. The number of hydrogen-bond acceptors (Lipinski definition) is 4. The number of benzene rings is 1. The second-order valence-electron chi connectivity index (χ2n) is 4.15. The molecule has 0 atom stereocenters. The molecule has 102 valence electrons. The molecule has 0 unspecified atom stereocenters. The number of hydrogen-bond donors (Lipinski definition) is 2. The number of imidazole rings is 1. The van der Waals surface area contributed by atoms with Gasteiger partial charge in [0.1, 0.15) is 5.82 Å². The zero-order valence-electron chi connectivity index (χ0n) is 11.3. The number of rotatable bonds is 7. The molecule has 0 saturated heterocycles. The highest BCUT2D eigenvalue weighted by atomic mass is 16.5. The predicted octanol–water partition coefficient (Wildman–Crippen LogP) is 1.90. The molecule has 2 rings (SSSR count). The largest absolute Gasteiger partial charge is 0.493 e. The summed E-state index contributed by atoms with van der Waals surface area (Å²) in [6.45, 7) is 5.33. The highest BCUT2D eigenvalue weighted by Gasteiger charge is 2.09. The smallest absolute Gasteiger partial charge is 0.163 e. The molecule has 2 N–H and O–H groups in total. The topological polar surface area (TPSA) is 59.2 Å². The Hall–Kier alpha value is -2.01. The molecule has 1 aromatic carbocycles. The van der Waals surface area contributed by atoms with E-state index in [1.165, 1.54) is 0 Å². The monoisotopic (exact) mass is 261 g/mol. The van der Waals surface area contributed by atoms with E-state index in [9.17, 15) is 0 Å². The first-order valence-electron chi connectivity index (χ1n) is 6.20. The van der Waals surface area contributed by atoms with Crippen LogP contribution in [-0.2, 0) is 6.42 Å². The molecule has 0 bridgehead atoms. The SMILES string of the molecule is C=CCNCCc1nc2cc(OC)c(OC)cc2[nH]1. The van der Waals surface area contributed by atoms with Crippen molar-refractivity contribution in [2.45, 2.75) is 6.42 Å². The van der Waals surface area contributed by atoms with Gasteiger partial charge in [0.05, 0.1) is 25.3 Å². The lowest BCUT2D eigenvalue weighted by atomic mass is 10.3. The third-order valence-electron chi connectivity index (χ3n) is 2.86. The summed E-state index contributed by atoms with van der Waals surface area (Å²) in [7, 11) is 3.25. The average molecular weight is 261 g/mol. The van der Waals surface area contributed by atoms with Crippen molar-refractivity contribution in [3.63, 3.8) is 0 Å². The van der Waals surface area contributed by atoms with Gasteiger partial charge < -0.3 is 19.8 Å². The van der Waals surface area contributed by atoms with E-state index in [0.717, 1.165) is 36.4 Å². The summed E-state index contributed by atoms with van der Waals surface area (Å²) in [5, 5.41) is 3.25. The van der Waals surface area contributed by atoms with Crippen LogP contribution in [0.3, 0.4) is 0 Å². The number of ether oxygens (including phenoxy) is 2. The number of nitrogens with zero attached hydrogens (tertiary/aromatic N) is 1. The molecule has 1 aromatic heterocycles. The molecule has 0 saturated carbocycles. The maximum atomic E-state index is 5.27. The van der Waals surface area contributed by atoms with E-state index >= 15 is 0 Å². The van der Waals surface area contributed by atoms with Gasteiger partial charge in [0.2, 0.25) is 0 Å². The number of methoxy groups -OCH3 is 2. The summed E-state index contributed by atoms with van der Waals surface area (Å²) in [4.78, 5) is 7.82. The second-order valence-corrected chi connectivity index (χ2v) is 4.15. The standard InChI is InChI=1S/C14H19N3O2/c1-4-6-15-7-5-14-16-10-8-12(18-2)13(19-3)9-11(10)17-14/h4,8-9,15H,1,5-7H2,2-3H3,(H,16,17). The minimum Gasteiger partial charge on any atom is -0.493 e. The van der Waals surface area contributed by atoms with Crippen LogP contribution in [0, 0.1) is 0 Å². The van der Waals surface area contributed by atoms with Crippen LogP contribution >= 0.6 is 0 Å². The second kappa shape index (κ2) is 6.24. The molecule has 19 heavy (non-hydrogen) atoms. The Kier molecular flexibility index (Phi) is 4.41. The lowest BCUT2D eigenvalue weighted by molar-refractivity contribution is 0.356. The molecular weight excluding hydrogens is 242 g/mol. The van der Waals surface area contributed by atoms with Gasteiger partial charge >= 0.3 is 0 Å². The van der Waals surface area contributed by atoms with Crippen molar-refractivity contribution in [3.8, 4) is 11.5 Å². The summed E-state index contributed by atoms with van der Waals surface area (Å²) in [6.07, 6.45) is 2.68. The van der Waals surface area contributed by atoms with Gasteiger partial charge in [-0.2, -0.15) is 0 Å². The van der Waals surface area contributed by atoms with Gasteiger partial charge in [0.15, 0.2) is 11.5 Å². The molecular formula is C14H19N3O2. The van der Waals surface area contributed by atoms with Crippen molar-refractivity contribution in [1.29, 1.82) is 0 Å². The van der Waals surface area contributed by atoms with E-state index in [2.05, 4.69) is 21.9 Å². The Morgan fingerprint density at radius 1 is 1.32 bits per heavy atom. The summed E-state index contributed by atoms with van der Waals surface area (Å²) in [5.41, 5.74) is 1.84. The van der Waals surface area contributed by atoms with Crippen molar-refractivity contribution in [2.75, 3.05) is 27.3 Å². The van der Waals surface area contributed by atoms with Gasteiger partial charge in [-0.25, -0.2) is 4.98 Å².